The number of carbonyl (C=O) groups excluding carboxylic acids is 3. The van der Waals surface area contributed by atoms with Crippen LogP contribution in [0.1, 0.15) is 36.8 Å². The minimum Gasteiger partial charge on any atom is -0.480 e. The molecule has 1 aromatic heterocycles. The molecule has 1 heterocycles. The second kappa shape index (κ2) is 17.3. The van der Waals surface area contributed by atoms with Gasteiger partial charge >= 0.3 is 5.97 Å². The van der Waals surface area contributed by atoms with Gasteiger partial charge in [-0.05, 0) is 67.9 Å². The smallest absolute Gasteiger partial charge is 0.326 e. The van der Waals surface area contributed by atoms with Crippen LogP contribution >= 0.6 is 11.8 Å². The Labute approximate surface area is 255 Å². The minimum absolute atomic E-state index is 0.0609. The molecule has 0 radical (unpaired) electrons. The second-order valence-corrected chi connectivity index (χ2v) is 11.4. The van der Waals surface area contributed by atoms with Gasteiger partial charge in [0, 0.05) is 23.5 Å². The summed E-state index contributed by atoms with van der Waals surface area (Å²) in [4.78, 5) is 55.0. The molecule has 0 bridgehead atoms. The van der Waals surface area contributed by atoms with Crippen LogP contribution in [0.5, 0.6) is 0 Å². The number of unbranched alkanes of at least 4 members (excludes halogenated alkanes) is 1. The van der Waals surface area contributed by atoms with Crippen molar-refractivity contribution in [2.45, 2.75) is 62.7 Å². The van der Waals surface area contributed by atoms with Gasteiger partial charge in [-0.2, -0.15) is 11.8 Å². The number of fused-ring (bicyclic) bond motifs is 1. The molecule has 0 spiro atoms. The number of carboxylic acid groups (broad SMARTS) is 1. The number of benzene rings is 2. The number of nitrogens with two attached hydrogens (primary N) is 2. The van der Waals surface area contributed by atoms with Crippen molar-refractivity contribution in [3.8, 4) is 0 Å². The van der Waals surface area contributed by atoms with Crippen molar-refractivity contribution in [1.29, 1.82) is 0 Å². The number of amides is 3. The standard InChI is InChI=1S/C31H42N6O5S/c1-43-16-14-26(30(40)37-27(31(41)42)18-21-19-34-24-12-6-5-11-22(21)24)36-29(39)25(13-7-8-15-32)35-28(38)23(33)17-20-9-3-2-4-10-20/h2-6,9-12,19,23,25-27,34H,7-8,13-18,32-33H2,1H3,(H,35,38)(H,36,39)(H,37,40)(H,41,42). The molecule has 0 saturated heterocycles. The van der Waals surface area contributed by atoms with E-state index >= 15 is 0 Å². The number of hydrogen-bond acceptors (Lipinski definition) is 7. The van der Waals surface area contributed by atoms with Gasteiger partial charge in [0.2, 0.25) is 17.7 Å². The molecule has 43 heavy (non-hydrogen) atoms. The predicted molar refractivity (Wildman–Crippen MR) is 169 cm³/mol. The van der Waals surface area contributed by atoms with E-state index in [1.165, 1.54) is 11.8 Å². The molecule has 12 heteroatoms. The van der Waals surface area contributed by atoms with Crippen LogP contribution in [-0.4, -0.2) is 76.5 Å². The Morgan fingerprint density at radius 1 is 0.837 bits per heavy atom. The lowest BCUT2D eigenvalue weighted by molar-refractivity contribution is -0.142. The summed E-state index contributed by atoms with van der Waals surface area (Å²) in [5.41, 5.74) is 14.3. The van der Waals surface area contributed by atoms with Gasteiger partial charge < -0.3 is 37.5 Å². The minimum atomic E-state index is -1.21. The number of rotatable bonds is 18. The van der Waals surface area contributed by atoms with Crippen molar-refractivity contribution in [1.82, 2.24) is 20.9 Å². The zero-order valence-corrected chi connectivity index (χ0v) is 25.2. The van der Waals surface area contributed by atoms with E-state index in [2.05, 4.69) is 20.9 Å². The number of aromatic nitrogens is 1. The fourth-order valence-corrected chi connectivity index (χ4v) is 5.24. The third-order valence-corrected chi connectivity index (χ3v) is 7.82. The Balaban J connectivity index is 1.70. The number of nitrogens with one attached hydrogen (secondary N) is 4. The third kappa shape index (κ3) is 10.4. The molecule has 0 fully saturated rings. The molecule has 3 rings (SSSR count). The summed E-state index contributed by atoms with van der Waals surface area (Å²) in [5, 5.41) is 18.9. The lowest BCUT2D eigenvalue weighted by Gasteiger charge is -2.25. The van der Waals surface area contributed by atoms with E-state index in [1.807, 2.05) is 60.9 Å². The van der Waals surface area contributed by atoms with Gasteiger partial charge in [-0.1, -0.05) is 48.5 Å². The number of aliphatic carboxylic acids is 1. The highest BCUT2D eigenvalue weighted by Crippen LogP contribution is 2.19. The number of thioether (sulfide) groups is 1. The molecule has 0 saturated carbocycles. The summed E-state index contributed by atoms with van der Waals surface area (Å²) in [6.45, 7) is 0.432. The number of carbonyl (C=O) groups is 4. The van der Waals surface area contributed by atoms with Crippen molar-refractivity contribution in [3.05, 3.63) is 71.9 Å². The maximum atomic E-state index is 13.4. The first-order valence-electron chi connectivity index (χ1n) is 14.4. The van der Waals surface area contributed by atoms with Crippen LogP contribution < -0.4 is 27.4 Å². The molecule has 4 atom stereocenters. The zero-order valence-electron chi connectivity index (χ0n) is 24.4. The zero-order chi connectivity index (χ0) is 31.2. The molecular weight excluding hydrogens is 568 g/mol. The third-order valence-electron chi connectivity index (χ3n) is 7.17. The molecule has 11 nitrogen and oxygen atoms in total. The Bertz CT molecular complexity index is 1350. The average Bonchev–Trinajstić information content (AvgIpc) is 3.41. The van der Waals surface area contributed by atoms with Crippen molar-refractivity contribution < 1.29 is 24.3 Å². The van der Waals surface area contributed by atoms with Gasteiger partial charge in [0.15, 0.2) is 0 Å². The first-order valence-corrected chi connectivity index (χ1v) is 15.8. The number of hydrogen-bond donors (Lipinski definition) is 7. The maximum absolute atomic E-state index is 13.4. The Morgan fingerprint density at radius 3 is 2.14 bits per heavy atom. The fraction of sp³-hybridized carbons (Fsp3) is 0.419. The molecule has 2 aromatic carbocycles. The highest BCUT2D eigenvalue weighted by Gasteiger charge is 2.30. The molecule has 3 aromatic rings. The van der Waals surface area contributed by atoms with Crippen LogP contribution in [0.3, 0.4) is 0 Å². The molecular formula is C31H42N6O5S. The quantitative estimate of drug-likeness (QED) is 0.106. The molecule has 0 aliphatic carbocycles. The lowest BCUT2D eigenvalue weighted by Crippen LogP contribution is -2.57. The van der Waals surface area contributed by atoms with Gasteiger partial charge in [-0.15, -0.1) is 0 Å². The highest BCUT2D eigenvalue weighted by molar-refractivity contribution is 7.98. The number of para-hydroxylation sites is 1. The molecule has 9 N–H and O–H groups in total. The predicted octanol–water partition coefficient (Wildman–Crippen LogP) is 1.70. The van der Waals surface area contributed by atoms with Gasteiger partial charge in [-0.3, -0.25) is 14.4 Å². The Morgan fingerprint density at radius 2 is 1.47 bits per heavy atom. The number of H-pyrrole nitrogens is 1. The largest absolute Gasteiger partial charge is 0.480 e. The number of aromatic amines is 1. The van der Waals surface area contributed by atoms with Crippen molar-refractivity contribution in [3.63, 3.8) is 0 Å². The molecule has 232 valence electrons. The van der Waals surface area contributed by atoms with Gasteiger partial charge in [0.25, 0.3) is 0 Å². The van der Waals surface area contributed by atoms with Crippen LogP contribution in [0.2, 0.25) is 0 Å². The highest BCUT2D eigenvalue weighted by atomic mass is 32.2. The van der Waals surface area contributed by atoms with Crippen molar-refractivity contribution in [2.75, 3.05) is 18.6 Å². The van der Waals surface area contributed by atoms with E-state index < -0.39 is 47.9 Å². The topological polar surface area (TPSA) is 192 Å². The van der Waals surface area contributed by atoms with E-state index in [-0.39, 0.29) is 12.8 Å². The van der Waals surface area contributed by atoms with E-state index in [1.54, 1.807) is 6.20 Å². The molecule has 0 aliphatic rings. The van der Waals surface area contributed by atoms with Crippen LogP contribution in [-0.2, 0) is 32.0 Å². The summed E-state index contributed by atoms with van der Waals surface area (Å²) < 4.78 is 0. The summed E-state index contributed by atoms with van der Waals surface area (Å²) in [5.74, 6) is -2.27. The van der Waals surface area contributed by atoms with Gasteiger partial charge in [0.05, 0.1) is 6.04 Å². The maximum Gasteiger partial charge on any atom is 0.326 e. The SMILES string of the molecule is CSCCC(NC(=O)C(CCCCN)NC(=O)C(N)Cc1ccccc1)C(=O)NC(Cc1c[nH]c2ccccc12)C(=O)O. The first-order chi connectivity index (χ1) is 20.7. The molecule has 0 aliphatic heterocycles. The van der Waals surface area contributed by atoms with Crippen molar-refractivity contribution in [2.24, 2.45) is 11.5 Å². The normalized spacial score (nSPS) is 13.9. The van der Waals surface area contributed by atoms with E-state index in [9.17, 15) is 24.3 Å². The van der Waals surface area contributed by atoms with Crippen LogP contribution in [0.4, 0.5) is 0 Å². The first kappa shape index (κ1) is 33.6. The van der Waals surface area contributed by atoms with Gasteiger partial charge in [0.1, 0.15) is 18.1 Å². The van der Waals surface area contributed by atoms with E-state index in [4.69, 9.17) is 11.5 Å². The van der Waals surface area contributed by atoms with E-state index in [0.29, 0.717) is 38.0 Å². The van der Waals surface area contributed by atoms with Crippen LogP contribution in [0.25, 0.3) is 10.9 Å². The van der Waals surface area contributed by atoms with Crippen LogP contribution in [0, 0.1) is 0 Å². The summed E-state index contributed by atoms with van der Waals surface area (Å²) in [6, 6.07) is 12.8. The summed E-state index contributed by atoms with van der Waals surface area (Å²) in [6.07, 6.45) is 5.78. The Kier molecular flexibility index (Phi) is 13.5. The molecule has 3 amide bonds. The lowest BCUT2D eigenvalue weighted by atomic mass is 10.0. The van der Waals surface area contributed by atoms with Gasteiger partial charge in [-0.25, -0.2) is 4.79 Å². The average molecular weight is 611 g/mol. The fourth-order valence-electron chi connectivity index (χ4n) is 4.77. The second-order valence-electron chi connectivity index (χ2n) is 10.4. The van der Waals surface area contributed by atoms with E-state index in [0.717, 1.165) is 22.0 Å². The summed E-state index contributed by atoms with van der Waals surface area (Å²) in [7, 11) is 0. The van der Waals surface area contributed by atoms with Crippen LogP contribution in [0.15, 0.2) is 60.8 Å². The molecule has 4 unspecified atom stereocenters. The Hall–Kier alpha value is -3.87. The van der Waals surface area contributed by atoms with Crippen molar-refractivity contribution >= 4 is 46.4 Å². The monoisotopic (exact) mass is 610 g/mol. The number of carboxylic acids is 1. The summed E-state index contributed by atoms with van der Waals surface area (Å²) >= 11 is 1.49.